The van der Waals surface area contributed by atoms with Crippen LogP contribution >= 0.6 is 0 Å². The molecule has 4 aromatic rings. The molecule has 0 radical (unpaired) electrons. The monoisotopic (exact) mass is 528 g/mol. The van der Waals surface area contributed by atoms with Crippen LogP contribution in [0.3, 0.4) is 0 Å². The number of furan rings is 1. The molecule has 0 aliphatic heterocycles. The number of hydrogen-bond donors (Lipinski definition) is 2. The van der Waals surface area contributed by atoms with E-state index >= 15 is 0 Å². The predicted molar refractivity (Wildman–Crippen MR) is 149 cm³/mol. The van der Waals surface area contributed by atoms with E-state index in [0.717, 1.165) is 16.7 Å². The summed E-state index contributed by atoms with van der Waals surface area (Å²) in [5.41, 5.74) is 4.21. The number of benzene rings is 3. The van der Waals surface area contributed by atoms with Crippen molar-refractivity contribution in [3.8, 4) is 22.5 Å². The molecule has 1 aromatic heterocycles. The van der Waals surface area contributed by atoms with Gasteiger partial charge >= 0.3 is 0 Å². The van der Waals surface area contributed by atoms with Crippen LogP contribution in [-0.4, -0.2) is 24.4 Å². The normalized spacial score (nSPS) is 18.6. The number of amides is 2. The topological polar surface area (TPSA) is 71.3 Å². The average molecular weight is 529 g/mol. The van der Waals surface area contributed by atoms with Gasteiger partial charge in [-0.05, 0) is 90.9 Å². The molecule has 1 fully saturated rings. The Hall–Kier alpha value is -4.26. The molecule has 1 aliphatic carbocycles. The molecule has 2 N–H and O–H groups in total. The Balaban J connectivity index is 1.63. The second-order valence-corrected chi connectivity index (χ2v) is 10.4. The van der Waals surface area contributed by atoms with Gasteiger partial charge in [-0.2, -0.15) is 0 Å². The molecule has 2 unspecified atom stereocenters. The summed E-state index contributed by atoms with van der Waals surface area (Å²) >= 11 is 0. The first kappa shape index (κ1) is 26.4. The van der Waals surface area contributed by atoms with Crippen molar-refractivity contribution in [2.24, 2.45) is 5.92 Å². The van der Waals surface area contributed by atoms with Crippen LogP contribution in [0.1, 0.15) is 53.5 Å². The standard InChI is InChI=1S/C32H30F2N2O3/c1-6-19-14-27-25(28(31(38)35-5)29(39-27)20-7-10-22(33)11-8-20)15-23(19)21-9-12-26(34)24(13-21)30(37)36-32(4)16-17(2)18(32)3/h7-15,18H,2,6,16H2,1,3-5H3,(H,35,38)(H,36,37). The van der Waals surface area contributed by atoms with Gasteiger partial charge < -0.3 is 15.1 Å². The van der Waals surface area contributed by atoms with E-state index < -0.39 is 23.1 Å². The first-order valence-corrected chi connectivity index (χ1v) is 12.9. The average Bonchev–Trinajstić information content (AvgIpc) is 3.30. The van der Waals surface area contributed by atoms with Crippen molar-refractivity contribution < 1.29 is 22.8 Å². The van der Waals surface area contributed by atoms with E-state index in [1.165, 1.54) is 25.2 Å². The molecule has 0 saturated heterocycles. The van der Waals surface area contributed by atoms with Crippen molar-refractivity contribution in [1.29, 1.82) is 0 Å². The molecule has 1 aliphatic rings. The number of carbonyl (C=O) groups excluding carboxylic acids is 2. The van der Waals surface area contributed by atoms with E-state index in [1.54, 1.807) is 24.3 Å². The summed E-state index contributed by atoms with van der Waals surface area (Å²) < 4.78 is 34.6. The number of hydrogen-bond acceptors (Lipinski definition) is 3. The molecule has 39 heavy (non-hydrogen) atoms. The third-order valence-corrected chi connectivity index (χ3v) is 7.94. The van der Waals surface area contributed by atoms with Crippen molar-refractivity contribution in [1.82, 2.24) is 10.6 Å². The molecule has 0 bridgehead atoms. The van der Waals surface area contributed by atoms with Gasteiger partial charge in [-0.25, -0.2) is 8.78 Å². The number of carbonyl (C=O) groups is 2. The highest BCUT2D eigenvalue weighted by molar-refractivity contribution is 6.12. The van der Waals surface area contributed by atoms with E-state index in [9.17, 15) is 18.4 Å². The lowest BCUT2D eigenvalue weighted by molar-refractivity contribution is 0.0832. The van der Waals surface area contributed by atoms with E-state index in [2.05, 4.69) is 17.2 Å². The first-order valence-electron chi connectivity index (χ1n) is 12.9. The van der Waals surface area contributed by atoms with Crippen molar-refractivity contribution in [3.63, 3.8) is 0 Å². The molecular formula is C32H30F2N2O3. The Labute approximate surface area is 225 Å². The van der Waals surface area contributed by atoms with Gasteiger partial charge in [0.05, 0.1) is 11.1 Å². The Morgan fingerprint density at radius 1 is 1.05 bits per heavy atom. The predicted octanol–water partition coefficient (Wildman–Crippen LogP) is 7.05. The zero-order chi connectivity index (χ0) is 28.1. The summed E-state index contributed by atoms with van der Waals surface area (Å²) in [7, 11) is 1.53. The van der Waals surface area contributed by atoms with Crippen molar-refractivity contribution >= 4 is 22.8 Å². The fraction of sp³-hybridized carbons (Fsp3) is 0.250. The molecule has 2 atom stereocenters. The maximum atomic E-state index is 14.9. The van der Waals surface area contributed by atoms with Crippen LogP contribution in [-0.2, 0) is 6.42 Å². The molecule has 5 nitrogen and oxygen atoms in total. The van der Waals surface area contributed by atoms with Crippen molar-refractivity contribution in [2.45, 2.75) is 39.2 Å². The Morgan fingerprint density at radius 3 is 2.36 bits per heavy atom. The third kappa shape index (κ3) is 4.52. The second kappa shape index (κ2) is 9.80. The highest BCUT2D eigenvalue weighted by Crippen LogP contribution is 2.42. The minimum atomic E-state index is -0.613. The van der Waals surface area contributed by atoms with Crippen LogP contribution in [0.15, 0.2) is 71.2 Å². The first-order chi connectivity index (χ1) is 18.6. The molecule has 2 amide bonds. The van der Waals surface area contributed by atoms with Gasteiger partial charge in [0.25, 0.3) is 11.8 Å². The summed E-state index contributed by atoms with van der Waals surface area (Å²) in [6.45, 7) is 9.92. The Kier molecular flexibility index (Phi) is 6.62. The lowest BCUT2D eigenvalue weighted by Crippen LogP contribution is -2.58. The largest absolute Gasteiger partial charge is 0.455 e. The van der Waals surface area contributed by atoms with E-state index in [4.69, 9.17) is 4.42 Å². The number of aryl methyl sites for hydroxylation is 1. The van der Waals surface area contributed by atoms with Gasteiger partial charge in [-0.15, -0.1) is 0 Å². The van der Waals surface area contributed by atoms with Crippen LogP contribution in [0.4, 0.5) is 8.78 Å². The number of halogens is 2. The van der Waals surface area contributed by atoms with Crippen LogP contribution < -0.4 is 10.6 Å². The summed E-state index contributed by atoms with van der Waals surface area (Å²) in [5, 5.41) is 6.21. The van der Waals surface area contributed by atoms with Crippen molar-refractivity contribution in [3.05, 3.63) is 95.1 Å². The van der Waals surface area contributed by atoms with Gasteiger partial charge in [0, 0.05) is 23.5 Å². The van der Waals surface area contributed by atoms with E-state index in [0.29, 0.717) is 46.3 Å². The molecule has 200 valence electrons. The van der Waals surface area contributed by atoms with Crippen LogP contribution in [0.2, 0.25) is 0 Å². The molecule has 7 heteroatoms. The molecular weight excluding hydrogens is 498 g/mol. The molecule has 1 saturated carbocycles. The quantitative estimate of drug-likeness (QED) is 0.264. The lowest BCUT2D eigenvalue weighted by Gasteiger charge is -2.47. The fourth-order valence-corrected chi connectivity index (χ4v) is 5.34. The van der Waals surface area contributed by atoms with Crippen LogP contribution in [0.25, 0.3) is 33.4 Å². The number of rotatable bonds is 6. The van der Waals surface area contributed by atoms with Crippen LogP contribution in [0.5, 0.6) is 0 Å². The minimum absolute atomic E-state index is 0.0497. The van der Waals surface area contributed by atoms with E-state index in [-0.39, 0.29) is 17.4 Å². The zero-order valence-corrected chi connectivity index (χ0v) is 22.4. The second-order valence-electron chi connectivity index (χ2n) is 10.4. The Bertz CT molecular complexity index is 1640. The van der Waals surface area contributed by atoms with Crippen LogP contribution in [0, 0.1) is 17.6 Å². The maximum Gasteiger partial charge on any atom is 0.255 e. The van der Waals surface area contributed by atoms with Crippen molar-refractivity contribution in [2.75, 3.05) is 7.05 Å². The number of nitrogens with one attached hydrogen (secondary N) is 2. The highest BCUT2D eigenvalue weighted by atomic mass is 19.1. The highest BCUT2D eigenvalue weighted by Gasteiger charge is 2.44. The molecule has 5 rings (SSSR count). The van der Waals surface area contributed by atoms with Gasteiger partial charge in [-0.3, -0.25) is 9.59 Å². The molecule has 1 heterocycles. The van der Waals surface area contributed by atoms with Gasteiger partial charge in [0.15, 0.2) is 0 Å². The third-order valence-electron chi connectivity index (χ3n) is 7.94. The SMILES string of the molecule is C=C1CC(C)(NC(=O)c2cc(-c3cc4c(C(=O)NC)c(-c5ccc(F)cc5)oc4cc3CC)ccc2F)C1C. The zero-order valence-electron chi connectivity index (χ0n) is 22.4. The lowest BCUT2D eigenvalue weighted by atomic mass is 9.65. The fourth-order valence-electron chi connectivity index (χ4n) is 5.34. The summed E-state index contributed by atoms with van der Waals surface area (Å²) in [6.07, 6.45) is 1.28. The van der Waals surface area contributed by atoms with Gasteiger partial charge in [-0.1, -0.05) is 32.1 Å². The summed E-state index contributed by atoms with van der Waals surface area (Å²) in [4.78, 5) is 26.2. The van der Waals surface area contributed by atoms with Gasteiger partial charge in [0.2, 0.25) is 0 Å². The number of fused-ring (bicyclic) bond motifs is 1. The molecule has 0 spiro atoms. The smallest absolute Gasteiger partial charge is 0.255 e. The van der Waals surface area contributed by atoms with E-state index in [1.807, 2.05) is 32.9 Å². The van der Waals surface area contributed by atoms with Gasteiger partial charge in [0.1, 0.15) is 23.0 Å². The molecule has 3 aromatic carbocycles. The maximum absolute atomic E-state index is 14.9. The Morgan fingerprint density at radius 2 is 1.74 bits per heavy atom. The minimum Gasteiger partial charge on any atom is -0.455 e. The summed E-state index contributed by atoms with van der Waals surface area (Å²) in [5.74, 6) is -1.42. The summed E-state index contributed by atoms with van der Waals surface area (Å²) in [6, 6.07) is 13.9.